The van der Waals surface area contributed by atoms with E-state index in [1.54, 1.807) is 0 Å². The molecular formula is C16H32N2O2. The molecule has 1 fully saturated rings. The molecule has 118 valence electrons. The highest BCUT2D eigenvalue weighted by Crippen LogP contribution is 2.34. The van der Waals surface area contributed by atoms with Gasteiger partial charge in [-0.05, 0) is 53.1 Å². The summed E-state index contributed by atoms with van der Waals surface area (Å²) in [4.78, 5) is 14.6. The van der Waals surface area contributed by atoms with Crippen LogP contribution in [0.5, 0.6) is 0 Å². The average molecular weight is 284 g/mol. The Labute approximate surface area is 124 Å². The number of esters is 1. The Kier molecular flexibility index (Phi) is 6.96. The van der Waals surface area contributed by atoms with E-state index in [2.05, 4.69) is 38.0 Å². The van der Waals surface area contributed by atoms with Crippen molar-refractivity contribution in [3.05, 3.63) is 0 Å². The maximum Gasteiger partial charge on any atom is 0.326 e. The Hall–Kier alpha value is -0.610. The van der Waals surface area contributed by atoms with E-state index in [-0.39, 0.29) is 5.97 Å². The zero-order valence-electron chi connectivity index (χ0n) is 13.9. The van der Waals surface area contributed by atoms with E-state index in [1.165, 1.54) is 26.4 Å². The Bertz CT molecular complexity index is 307. The van der Waals surface area contributed by atoms with Gasteiger partial charge in [-0.15, -0.1) is 0 Å². The minimum absolute atomic E-state index is 0.101. The van der Waals surface area contributed by atoms with E-state index in [0.717, 1.165) is 25.8 Å². The summed E-state index contributed by atoms with van der Waals surface area (Å²) < 4.78 is 5.05. The van der Waals surface area contributed by atoms with Gasteiger partial charge in [-0.2, -0.15) is 0 Å². The van der Waals surface area contributed by atoms with Gasteiger partial charge in [0.05, 0.1) is 7.11 Å². The first-order valence-corrected chi connectivity index (χ1v) is 8.01. The number of hydrogen-bond acceptors (Lipinski definition) is 4. The monoisotopic (exact) mass is 284 g/mol. The predicted molar refractivity (Wildman–Crippen MR) is 82.8 cm³/mol. The molecule has 0 heterocycles. The van der Waals surface area contributed by atoms with Crippen LogP contribution in [0.3, 0.4) is 0 Å². The Morgan fingerprint density at radius 3 is 2.70 bits per heavy atom. The van der Waals surface area contributed by atoms with Crippen LogP contribution >= 0.6 is 0 Å². The third-order valence-corrected chi connectivity index (χ3v) is 4.37. The minimum atomic E-state index is -0.480. The van der Waals surface area contributed by atoms with Crippen LogP contribution in [0.2, 0.25) is 0 Å². The fraction of sp³-hybridized carbons (Fsp3) is 0.938. The smallest absolute Gasteiger partial charge is 0.326 e. The van der Waals surface area contributed by atoms with Crippen molar-refractivity contribution in [3.8, 4) is 0 Å². The fourth-order valence-corrected chi connectivity index (χ4v) is 3.31. The molecule has 0 bridgehead atoms. The van der Waals surface area contributed by atoms with Gasteiger partial charge in [-0.1, -0.05) is 19.8 Å². The van der Waals surface area contributed by atoms with Crippen molar-refractivity contribution in [1.29, 1.82) is 0 Å². The van der Waals surface area contributed by atoms with Gasteiger partial charge >= 0.3 is 5.97 Å². The Balaban J connectivity index is 2.62. The van der Waals surface area contributed by atoms with Crippen molar-refractivity contribution in [2.75, 3.05) is 20.7 Å². The summed E-state index contributed by atoms with van der Waals surface area (Å²) >= 11 is 0. The number of ether oxygens (including phenoxy) is 1. The first kappa shape index (κ1) is 17.4. The normalized spacial score (nSPS) is 26.4. The lowest BCUT2D eigenvalue weighted by Gasteiger charge is -2.31. The molecular weight excluding hydrogens is 252 g/mol. The highest BCUT2D eigenvalue weighted by Gasteiger charge is 2.47. The van der Waals surface area contributed by atoms with Gasteiger partial charge in [0, 0.05) is 12.1 Å². The molecule has 1 aliphatic carbocycles. The Morgan fingerprint density at radius 2 is 2.15 bits per heavy atom. The van der Waals surface area contributed by atoms with E-state index >= 15 is 0 Å². The van der Waals surface area contributed by atoms with Crippen LogP contribution in [0.15, 0.2) is 0 Å². The number of carbonyl (C=O) groups excluding carboxylic acids is 1. The minimum Gasteiger partial charge on any atom is -0.468 e. The van der Waals surface area contributed by atoms with E-state index in [0.29, 0.717) is 12.1 Å². The Morgan fingerprint density at radius 1 is 1.45 bits per heavy atom. The van der Waals surface area contributed by atoms with Crippen LogP contribution in [0.1, 0.15) is 59.3 Å². The van der Waals surface area contributed by atoms with Gasteiger partial charge in [0.25, 0.3) is 0 Å². The van der Waals surface area contributed by atoms with E-state index in [9.17, 15) is 4.79 Å². The van der Waals surface area contributed by atoms with E-state index < -0.39 is 5.54 Å². The SMILES string of the molecule is CCCCCN(C)C1CCC(NC(C)C)(C(=O)OC)C1. The van der Waals surface area contributed by atoms with Crippen LogP contribution in [-0.2, 0) is 9.53 Å². The molecule has 20 heavy (non-hydrogen) atoms. The highest BCUT2D eigenvalue weighted by atomic mass is 16.5. The van der Waals surface area contributed by atoms with Crippen molar-refractivity contribution in [2.24, 2.45) is 0 Å². The molecule has 1 saturated carbocycles. The maximum absolute atomic E-state index is 12.2. The first-order chi connectivity index (χ1) is 9.45. The van der Waals surface area contributed by atoms with Gasteiger partial charge in [0.15, 0.2) is 0 Å². The summed E-state index contributed by atoms with van der Waals surface area (Å²) in [6, 6.07) is 0.774. The van der Waals surface area contributed by atoms with E-state index in [1.807, 2.05) is 0 Å². The summed E-state index contributed by atoms with van der Waals surface area (Å²) in [5, 5.41) is 3.46. The average Bonchev–Trinajstić information content (AvgIpc) is 2.82. The van der Waals surface area contributed by atoms with Gasteiger partial charge in [-0.3, -0.25) is 10.1 Å². The third-order valence-electron chi connectivity index (χ3n) is 4.37. The lowest BCUT2D eigenvalue weighted by molar-refractivity contribution is -0.149. The summed E-state index contributed by atoms with van der Waals surface area (Å²) in [5.74, 6) is -0.101. The second-order valence-corrected chi connectivity index (χ2v) is 6.46. The molecule has 0 spiro atoms. The van der Waals surface area contributed by atoms with Gasteiger partial charge in [0.2, 0.25) is 0 Å². The summed E-state index contributed by atoms with van der Waals surface area (Å²) in [7, 11) is 3.67. The number of hydrogen-bond donors (Lipinski definition) is 1. The van der Waals surface area contributed by atoms with Crippen LogP contribution in [0.4, 0.5) is 0 Å². The summed E-state index contributed by atoms with van der Waals surface area (Å²) in [6.07, 6.45) is 6.58. The largest absolute Gasteiger partial charge is 0.468 e. The number of nitrogens with one attached hydrogen (secondary N) is 1. The fourth-order valence-electron chi connectivity index (χ4n) is 3.31. The van der Waals surface area contributed by atoms with Crippen LogP contribution in [-0.4, -0.2) is 49.2 Å². The lowest BCUT2D eigenvalue weighted by Crippen LogP contribution is -2.54. The van der Waals surface area contributed by atoms with Crippen molar-refractivity contribution in [2.45, 2.75) is 76.9 Å². The van der Waals surface area contributed by atoms with Crippen LogP contribution < -0.4 is 5.32 Å². The van der Waals surface area contributed by atoms with Gasteiger partial charge in [0.1, 0.15) is 5.54 Å². The maximum atomic E-state index is 12.2. The lowest BCUT2D eigenvalue weighted by atomic mass is 9.96. The number of rotatable bonds is 8. The molecule has 1 N–H and O–H groups in total. The third kappa shape index (κ3) is 4.45. The van der Waals surface area contributed by atoms with Crippen molar-refractivity contribution in [3.63, 3.8) is 0 Å². The molecule has 0 aliphatic heterocycles. The molecule has 4 nitrogen and oxygen atoms in total. The quantitative estimate of drug-likeness (QED) is 0.549. The number of unbranched alkanes of at least 4 members (excludes halogenated alkanes) is 2. The van der Waals surface area contributed by atoms with Gasteiger partial charge in [-0.25, -0.2) is 0 Å². The van der Waals surface area contributed by atoms with Crippen molar-refractivity contribution < 1.29 is 9.53 Å². The zero-order chi connectivity index (χ0) is 15.2. The molecule has 0 aromatic rings. The predicted octanol–water partition coefficient (Wildman–Crippen LogP) is 2.57. The molecule has 1 aliphatic rings. The molecule has 0 saturated heterocycles. The summed E-state index contributed by atoms with van der Waals surface area (Å²) in [6.45, 7) is 7.52. The van der Waals surface area contributed by atoms with E-state index in [4.69, 9.17) is 4.74 Å². The standard InChI is InChI=1S/C16H32N2O2/c1-6-7-8-11-18(4)14-9-10-16(12-14,15(19)20-5)17-13(2)3/h13-14,17H,6-12H2,1-5H3. The topological polar surface area (TPSA) is 41.6 Å². The molecule has 0 radical (unpaired) electrons. The van der Waals surface area contributed by atoms with Crippen molar-refractivity contribution >= 4 is 5.97 Å². The molecule has 0 aromatic heterocycles. The molecule has 2 atom stereocenters. The molecule has 1 rings (SSSR count). The number of carbonyl (C=O) groups is 1. The van der Waals surface area contributed by atoms with Crippen LogP contribution in [0, 0.1) is 0 Å². The van der Waals surface area contributed by atoms with Crippen molar-refractivity contribution in [1.82, 2.24) is 10.2 Å². The second kappa shape index (κ2) is 7.99. The molecule has 0 amide bonds. The highest BCUT2D eigenvalue weighted by molar-refractivity contribution is 5.81. The second-order valence-electron chi connectivity index (χ2n) is 6.46. The summed E-state index contributed by atoms with van der Waals surface area (Å²) in [5.41, 5.74) is -0.480. The number of methoxy groups -OCH3 is 1. The molecule has 2 unspecified atom stereocenters. The number of nitrogens with zero attached hydrogens (tertiary/aromatic N) is 1. The molecule has 0 aromatic carbocycles. The van der Waals surface area contributed by atoms with Gasteiger partial charge < -0.3 is 9.64 Å². The first-order valence-electron chi connectivity index (χ1n) is 8.01. The molecule has 4 heteroatoms. The van der Waals surface area contributed by atoms with Crippen LogP contribution in [0.25, 0.3) is 0 Å². The zero-order valence-corrected chi connectivity index (χ0v) is 13.9.